The molecule has 10 heteroatoms. The molecule has 6 atom stereocenters. The topological polar surface area (TPSA) is 50.1 Å². The Morgan fingerprint density at radius 1 is 1.10 bits per heavy atom. The van der Waals surface area contributed by atoms with Gasteiger partial charge in [-0.3, -0.25) is 10.6 Å². The molecule has 1 saturated heterocycles. The van der Waals surface area contributed by atoms with Gasteiger partial charge in [-0.05, 0) is 37.0 Å². The summed E-state index contributed by atoms with van der Waals surface area (Å²) in [7, 11) is 0. The van der Waals surface area contributed by atoms with Gasteiger partial charge in [0, 0.05) is 11.6 Å². The summed E-state index contributed by atoms with van der Waals surface area (Å²) in [4.78, 5) is 0. The molecule has 0 spiro atoms. The van der Waals surface area contributed by atoms with Crippen LogP contribution in [0.2, 0.25) is 0 Å². The Hall–Kier alpha value is -1.39. The molecule has 164 valence electrons. The van der Waals surface area contributed by atoms with Gasteiger partial charge in [0.2, 0.25) is 0 Å². The predicted molar refractivity (Wildman–Crippen MR) is 93.1 cm³/mol. The van der Waals surface area contributed by atoms with Crippen LogP contribution in [-0.2, 0) is 0 Å². The van der Waals surface area contributed by atoms with Gasteiger partial charge in [-0.25, -0.2) is 4.39 Å². The van der Waals surface area contributed by atoms with Crippen molar-refractivity contribution in [3.63, 3.8) is 0 Å². The van der Waals surface area contributed by atoms with Crippen molar-refractivity contribution >= 4 is 0 Å². The summed E-state index contributed by atoms with van der Waals surface area (Å²) in [6, 6.07) is 3.11. The molecule has 4 N–H and O–H groups in total. The van der Waals surface area contributed by atoms with Gasteiger partial charge in [0.15, 0.2) is 0 Å². The normalized spacial score (nSPS) is 34.1. The van der Waals surface area contributed by atoms with Crippen LogP contribution in [0.25, 0.3) is 0 Å². The van der Waals surface area contributed by atoms with E-state index < -0.39 is 66.6 Å². The molecule has 0 aromatic heterocycles. The van der Waals surface area contributed by atoms with Gasteiger partial charge < -0.3 is 5.73 Å². The number of halogens is 7. The van der Waals surface area contributed by atoms with E-state index in [1.807, 2.05) is 0 Å². The molecule has 0 radical (unpaired) electrons. The van der Waals surface area contributed by atoms with Gasteiger partial charge in [-0.2, -0.15) is 26.3 Å². The summed E-state index contributed by atoms with van der Waals surface area (Å²) in [6.45, 7) is 1.72. The lowest BCUT2D eigenvalue weighted by molar-refractivity contribution is -0.235. The third kappa shape index (κ3) is 4.39. The van der Waals surface area contributed by atoms with Crippen molar-refractivity contribution in [2.45, 2.75) is 68.7 Å². The fraction of sp³-hybridized carbons (Fsp3) is 0.684. The van der Waals surface area contributed by atoms with Crippen LogP contribution < -0.4 is 16.4 Å². The zero-order valence-electron chi connectivity index (χ0n) is 15.7. The minimum Gasteiger partial charge on any atom is -0.322 e. The lowest BCUT2D eigenvalue weighted by atomic mass is 9.65. The first-order chi connectivity index (χ1) is 13.4. The van der Waals surface area contributed by atoms with E-state index in [4.69, 9.17) is 5.73 Å². The van der Waals surface area contributed by atoms with Gasteiger partial charge in [0.25, 0.3) is 0 Å². The molecular weight excluding hydrogens is 403 g/mol. The van der Waals surface area contributed by atoms with Crippen molar-refractivity contribution in [3.8, 4) is 0 Å². The average molecular weight is 427 g/mol. The van der Waals surface area contributed by atoms with Crippen LogP contribution in [-0.4, -0.2) is 30.1 Å². The second-order valence-corrected chi connectivity index (χ2v) is 8.08. The maximum atomic E-state index is 13.7. The van der Waals surface area contributed by atoms with E-state index in [0.29, 0.717) is 12.0 Å². The first kappa shape index (κ1) is 22.3. The van der Waals surface area contributed by atoms with Crippen LogP contribution in [0.15, 0.2) is 24.3 Å². The molecule has 1 saturated carbocycles. The fourth-order valence-corrected chi connectivity index (χ4v) is 4.87. The number of alkyl halides is 6. The molecule has 0 bridgehead atoms. The molecule has 1 aliphatic heterocycles. The number of benzene rings is 1. The van der Waals surface area contributed by atoms with Crippen LogP contribution in [0.1, 0.15) is 44.2 Å². The molecule has 3 nitrogen and oxygen atoms in total. The Labute approximate surface area is 164 Å². The second-order valence-electron chi connectivity index (χ2n) is 8.08. The van der Waals surface area contributed by atoms with E-state index in [1.54, 1.807) is 6.92 Å². The maximum Gasteiger partial charge on any atom is 0.393 e. The van der Waals surface area contributed by atoms with Crippen LogP contribution in [0.5, 0.6) is 0 Å². The molecule has 29 heavy (non-hydrogen) atoms. The van der Waals surface area contributed by atoms with E-state index in [1.165, 1.54) is 24.3 Å². The van der Waals surface area contributed by atoms with Crippen molar-refractivity contribution in [2.75, 3.05) is 0 Å². The van der Waals surface area contributed by atoms with Gasteiger partial charge in [0.05, 0.1) is 24.0 Å². The first-order valence-corrected chi connectivity index (χ1v) is 9.55. The second kappa shape index (κ2) is 7.70. The monoisotopic (exact) mass is 427 g/mol. The maximum absolute atomic E-state index is 13.7. The largest absolute Gasteiger partial charge is 0.393 e. The Morgan fingerprint density at radius 3 is 2.24 bits per heavy atom. The summed E-state index contributed by atoms with van der Waals surface area (Å²) in [6.07, 6.45) is -11.2. The predicted octanol–water partition coefficient (Wildman–Crippen LogP) is 4.40. The van der Waals surface area contributed by atoms with E-state index >= 15 is 0 Å². The molecule has 3 rings (SSSR count). The molecule has 0 amide bonds. The Kier molecular flexibility index (Phi) is 5.92. The van der Waals surface area contributed by atoms with Gasteiger partial charge in [-0.15, -0.1) is 0 Å². The summed E-state index contributed by atoms with van der Waals surface area (Å²) in [5.74, 6) is -4.69. The van der Waals surface area contributed by atoms with E-state index in [2.05, 4.69) is 10.6 Å². The third-order valence-electron chi connectivity index (χ3n) is 6.14. The number of nitrogens with two attached hydrogens (primary N) is 1. The number of hydrogen-bond acceptors (Lipinski definition) is 3. The summed E-state index contributed by atoms with van der Waals surface area (Å²) in [5.41, 5.74) is 5.27. The smallest absolute Gasteiger partial charge is 0.322 e. The first-order valence-electron chi connectivity index (χ1n) is 9.55. The lowest BCUT2D eigenvalue weighted by Gasteiger charge is -2.47. The summed E-state index contributed by atoms with van der Waals surface area (Å²) in [5, 5.41) is 5.84. The molecule has 2 aliphatic rings. The van der Waals surface area contributed by atoms with E-state index in [0.717, 1.165) is 0 Å². The van der Waals surface area contributed by atoms with Crippen LogP contribution in [0.4, 0.5) is 30.7 Å². The van der Waals surface area contributed by atoms with Crippen molar-refractivity contribution < 1.29 is 30.7 Å². The van der Waals surface area contributed by atoms with Crippen molar-refractivity contribution in [3.05, 3.63) is 35.6 Å². The van der Waals surface area contributed by atoms with E-state index in [9.17, 15) is 30.7 Å². The summed E-state index contributed by atoms with van der Waals surface area (Å²) >= 11 is 0. The molecular formula is C19H24F7N3. The minimum absolute atomic E-state index is 0.149. The van der Waals surface area contributed by atoms with Gasteiger partial charge in [-0.1, -0.05) is 25.5 Å². The number of rotatable bonds is 4. The number of fused-ring (bicyclic) bond motifs is 1. The minimum atomic E-state index is -4.78. The summed E-state index contributed by atoms with van der Waals surface area (Å²) < 4.78 is 94.7. The highest BCUT2D eigenvalue weighted by molar-refractivity contribution is 5.24. The van der Waals surface area contributed by atoms with Crippen molar-refractivity contribution in [1.82, 2.24) is 10.6 Å². The fourth-order valence-electron chi connectivity index (χ4n) is 4.87. The van der Waals surface area contributed by atoms with Gasteiger partial charge >= 0.3 is 12.4 Å². The zero-order chi connectivity index (χ0) is 21.6. The Bertz CT molecular complexity index is 703. The van der Waals surface area contributed by atoms with Crippen LogP contribution in [0, 0.1) is 17.7 Å². The molecule has 1 aliphatic carbocycles. The standard InChI is InChI=1S/C19H24F7N3/c1-2-7-17-9-11(18(21,22)23)8-13(19(24,25)26)15(17)28-16(29-17)14(27)10-3-5-12(20)6-4-10/h3-6,11,13-16,28-29H,2,7-9,27H2,1H3. The Morgan fingerprint density at radius 2 is 1.72 bits per heavy atom. The highest BCUT2D eigenvalue weighted by Crippen LogP contribution is 2.52. The Balaban J connectivity index is 1.95. The third-order valence-corrected chi connectivity index (χ3v) is 6.14. The molecule has 6 unspecified atom stereocenters. The molecule has 1 aromatic rings. The number of nitrogens with one attached hydrogen (secondary N) is 2. The van der Waals surface area contributed by atoms with Crippen LogP contribution in [0.3, 0.4) is 0 Å². The van der Waals surface area contributed by atoms with Crippen molar-refractivity contribution in [1.29, 1.82) is 0 Å². The average Bonchev–Trinajstić information content (AvgIpc) is 2.98. The zero-order valence-corrected chi connectivity index (χ0v) is 15.7. The molecule has 2 fully saturated rings. The van der Waals surface area contributed by atoms with E-state index in [-0.39, 0.29) is 6.42 Å². The SMILES string of the molecule is CCCC12CC(C(F)(F)F)CC(C(F)(F)F)C1NC(C(N)c1ccc(F)cc1)N2. The van der Waals surface area contributed by atoms with Crippen LogP contribution >= 0.6 is 0 Å². The lowest BCUT2D eigenvalue weighted by Crippen LogP contribution is -2.61. The molecule has 1 aromatic carbocycles. The van der Waals surface area contributed by atoms with Gasteiger partial charge in [0.1, 0.15) is 5.82 Å². The number of hydrogen-bond donors (Lipinski definition) is 3. The van der Waals surface area contributed by atoms with Crippen molar-refractivity contribution in [2.24, 2.45) is 17.6 Å². The quantitative estimate of drug-likeness (QED) is 0.625. The highest BCUT2D eigenvalue weighted by Gasteiger charge is 2.64. The molecule has 1 heterocycles. The highest BCUT2D eigenvalue weighted by atomic mass is 19.4.